The molecule has 1 aliphatic rings. The van der Waals surface area contributed by atoms with Crippen molar-refractivity contribution in [2.45, 2.75) is 45.3 Å². The van der Waals surface area contributed by atoms with Gasteiger partial charge in [-0.1, -0.05) is 42.8 Å². The van der Waals surface area contributed by atoms with Crippen LogP contribution in [-0.2, 0) is 19.4 Å². The molecular weight excluding hydrogens is 440 g/mol. The number of H-pyrrole nitrogens is 1. The van der Waals surface area contributed by atoms with Crippen molar-refractivity contribution in [1.82, 2.24) is 9.88 Å². The number of para-hydroxylation sites is 1. The van der Waals surface area contributed by atoms with Gasteiger partial charge in [0.25, 0.3) is 11.5 Å². The van der Waals surface area contributed by atoms with Gasteiger partial charge in [0.2, 0.25) is 0 Å². The molecule has 1 aliphatic carbocycles. The minimum absolute atomic E-state index is 0.0180. The lowest BCUT2D eigenvalue weighted by molar-refractivity contribution is 0.0782. The van der Waals surface area contributed by atoms with Gasteiger partial charge in [0, 0.05) is 29.9 Å². The number of halogens is 1. The highest BCUT2D eigenvalue weighted by Crippen LogP contribution is 2.30. The summed E-state index contributed by atoms with van der Waals surface area (Å²) >= 11 is 6.49. The third kappa shape index (κ3) is 4.97. The summed E-state index contributed by atoms with van der Waals surface area (Å²) in [7, 11) is 1.62. The van der Waals surface area contributed by atoms with Crippen molar-refractivity contribution in [3.8, 4) is 11.5 Å². The number of aromatic amines is 1. The van der Waals surface area contributed by atoms with E-state index in [0.29, 0.717) is 34.9 Å². The molecule has 0 spiro atoms. The number of hydrogen-bond donors (Lipinski definition) is 2. The van der Waals surface area contributed by atoms with E-state index in [0.717, 1.165) is 29.7 Å². The van der Waals surface area contributed by atoms with Crippen molar-refractivity contribution >= 4 is 17.5 Å². The van der Waals surface area contributed by atoms with Crippen LogP contribution < -0.4 is 10.3 Å². The van der Waals surface area contributed by atoms with E-state index in [2.05, 4.69) is 11.9 Å². The Morgan fingerprint density at radius 1 is 1.21 bits per heavy atom. The Hall–Kier alpha value is -3.09. The lowest BCUT2D eigenvalue weighted by Gasteiger charge is -2.23. The highest BCUT2D eigenvalue weighted by Gasteiger charge is 2.24. The second-order valence-corrected chi connectivity index (χ2v) is 8.74. The zero-order valence-corrected chi connectivity index (χ0v) is 19.5. The molecule has 0 aliphatic heterocycles. The molecule has 4 rings (SSSR count). The number of benzene rings is 2. The predicted octanol–water partition coefficient (Wildman–Crippen LogP) is 5.02. The van der Waals surface area contributed by atoms with Crippen LogP contribution in [0.5, 0.6) is 11.5 Å². The third-order valence-corrected chi connectivity index (χ3v) is 6.36. The van der Waals surface area contributed by atoms with Gasteiger partial charge in [0.1, 0.15) is 17.1 Å². The Labute approximate surface area is 197 Å². The number of aliphatic hydroxyl groups is 1. The van der Waals surface area contributed by atoms with Gasteiger partial charge < -0.3 is 19.7 Å². The summed E-state index contributed by atoms with van der Waals surface area (Å²) in [4.78, 5) is 29.7. The van der Waals surface area contributed by atoms with Crippen LogP contribution in [-0.4, -0.2) is 27.9 Å². The molecule has 0 fully saturated rings. The second kappa shape index (κ2) is 9.81. The number of pyridine rings is 1. The molecule has 1 aromatic heterocycles. The van der Waals surface area contributed by atoms with Crippen LogP contribution in [0.1, 0.15) is 58.6 Å². The summed E-state index contributed by atoms with van der Waals surface area (Å²) in [6, 6.07) is 14.7. The van der Waals surface area contributed by atoms with Gasteiger partial charge in [-0.3, -0.25) is 9.59 Å². The van der Waals surface area contributed by atoms with Gasteiger partial charge >= 0.3 is 0 Å². The first-order valence-electron chi connectivity index (χ1n) is 11.1. The molecule has 3 aromatic rings. The maximum atomic E-state index is 13.0. The molecule has 1 amide bonds. The number of rotatable bonds is 6. The fourth-order valence-electron chi connectivity index (χ4n) is 4.15. The first-order valence-corrected chi connectivity index (χ1v) is 11.5. The molecule has 6 nitrogen and oxygen atoms in total. The maximum Gasteiger partial charge on any atom is 0.261 e. The summed E-state index contributed by atoms with van der Waals surface area (Å²) in [6.07, 6.45) is 2.31. The zero-order chi connectivity index (χ0) is 23.5. The number of carbonyl (C=O) groups excluding carboxylic acids is 1. The normalized spacial score (nSPS) is 15.1. The summed E-state index contributed by atoms with van der Waals surface area (Å²) in [5.41, 5.74) is 2.75. The minimum Gasteiger partial charge on any atom is -0.457 e. The fraction of sp³-hybridized carbons (Fsp3) is 0.308. The summed E-state index contributed by atoms with van der Waals surface area (Å²) < 4.78 is 6.00. The Morgan fingerprint density at radius 2 is 2.00 bits per heavy atom. The average Bonchev–Trinajstić information content (AvgIpc) is 2.80. The lowest BCUT2D eigenvalue weighted by atomic mass is 9.92. The fourth-order valence-corrected chi connectivity index (χ4v) is 4.38. The first kappa shape index (κ1) is 23.1. The standard InChI is InChI=1S/C26H27ClN2O4/c1-3-16-7-4-5-10-24(16)33-18-12-11-17(21(27)13-18)15-29(2)26(32)20-14-19-22(28-25(20)31)8-6-9-23(19)30/h4-5,7,10-14,23,30H,3,6,8-9,15H2,1-2H3,(H,28,31). The molecule has 7 heteroatoms. The molecule has 2 N–H and O–H groups in total. The SMILES string of the molecule is CCc1ccccc1Oc1ccc(CN(C)C(=O)c2cc3c([nH]c2=O)CCCC3O)c(Cl)c1. The highest BCUT2D eigenvalue weighted by atomic mass is 35.5. The van der Waals surface area contributed by atoms with Crippen molar-refractivity contribution < 1.29 is 14.6 Å². The molecule has 1 atom stereocenters. The smallest absolute Gasteiger partial charge is 0.261 e. The van der Waals surface area contributed by atoms with Crippen LogP contribution in [0.25, 0.3) is 0 Å². The summed E-state index contributed by atoms with van der Waals surface area (Å²) in [6.45, 7) is 2.29. The second-order valence-electron chi connectivity index (χ2n) is 8.33. The van der Waals surface area contributed by atoms with Crippen LogP contribution in [0, 0.1) is 0 Å². The van der Waals surface area contributed by atoms with E-state index < -0.39 is 17.6 Å². The van der Waals surface area contributed by atoms with Crippen molar-refractivity contribution in [3.05, 3.63) is 91.9 Å². The maximum absolute atomic E-state index is 13.0. The molecule has 0 saturated heterocycles. The number of fused-ring (bicyclic) bond motifs is 1. The Kier molecular flexibility index (Phi) is 6.86. The minimum atomic E-state index is -0.665. The van der Waals surface area contributed by atoms with Crippen molar-refractivity contribution in [3.63, 3.8) is 0 Å². The Balaban J connectivity index is 1.50. The zero-order valence-electron chi connectivity index (χ0n) is 18.7. The molecule has 0 radical (unpaired) electrons. The van der Waals surface area contributed by atoms with E-state index in [1.54, 1.807) is 13.1 Å². The van der Waals surface area contributed by atoms with Gasteiger partial charge in [-0.15, -0.1) is 0 Å². The van der Waals surface area contributed by atoms with Crippen LogP contribution in [0.2, 0.25) is 5.02 Å². The number of nitrogens with zero attached hydrogens (tertiary/aromatic N) is 1. The number of carbonyl (C=O) groups is 1. The van der Waals surface area contributed by atoms with Gasteiger partial charge in [-0.2, -0.15) is 0 Å². The van der Waals surface area contributed by atoms with Crippen molar-refractivity contribution in [1.29, 1.82) is 0 Å². The number of aryl methyl sites for hydroxylation is 2. The number of ether oxygens (including phenoxy) is 1. The molecular formula is C26H27ClN2O4. The van der Waals surface area contributed by atoms with E-state index >= 15 is 0 Å². The van der Waals surface area contributed by atoms with Gasteiger partial charge in [0.05, 0.1) is 6.10 Å². The Morgan fingerprint density at radius 3 is 2.76 bits per heavy atom. The number of nitrogens with one attached hydrogen (secondary N) is 1. The predicted molar refractivity (Wildman–Crippen MR) is 128 cm³/mol. The summed E-state index contributed by atoms with van der Waals surface area (Å²) in [5, 5.41) is 10.7. The third-order valence-electron chi connectivity index (χ3n) is 6.01. The molecule has 0 saturated carbocycles. The highest BCUT2D eigenvalue weighted by molar-refractivity contribution is 6.31. The van der Waals surface area contributed by atoms with Gasteiger partial charge in [0.15, 0.2) is 0 Å². The van der Waals surface area contributed by atoms with Crippen LogP contribution in [0.4, 0.5) is 0 Å². The van der Waals surface area contributed by atoms with E-state index in [4.69, 9.17) is 16.3 Å². The molecule has 33 heavy (non-hydrogen) atoms. The van der Waals surface area contributed by atoms with E-state index in [9.17, 15) is 14.7 Å². The average molecular weight is 467 g/mol. The topological polar surface area (TPSA) is 82.6 Å². The number of hydrogen-bond acceptors (Lipinski definition) is 4. The number of aromatic nitrogens is 1. The van der Waals surface area contributed by atoms with Crippen LogP contribution in [0.3, 0.4) is 0 Å². The van der Waals surface area contributed by atoms with E-state index in [-0.39, 0.29) is 12.1 Å². The van der Waals surface area contributed by atoms with E-state index in [1.807, 2.05) is 36.4 Å². The van der Waals surface area contributed by atoms with E-state index in [1.165, 1.54) is 11.0 Å². The molecule has 1 unspecified atom stereocenters. The molecule has 2 aromatic carbocycles. The molecule has 172 valence electrons. The largest absolute Gasteiger partial charge is 0.457 e. The van der Waals surface area contributed by atoms with Gasteiger partial charge in [-0.25, -0.2) is 0 Å². The van der Waals surface area contributed by atoms with Crippen LogP contribution >= 0.6 is 11.6 Å². The van der Waals surface area contributed by atoms with Gasteiger partial charge in [-0.05, 0) is 61.1 Å². The summed E-state index contributed by atoms with van der Waals surface area (Å²) in [5.74, 6) is 0.966. The monoisotopic (exact) mass is 466 g/mol. The van der Waals surface area contributed by atoms with Crippen molar-refractivity contribution in [2.75, 3.05) is 7.05 Å². The first-order chi connectivity index (χ1) is 15.9. The number of amides is 1. The molecule has 1 heterocycles. The van der Waals surface area contributed by atoms with Crippen molar-refractivity contribution in [2.24, 2.45) is 0 Å². The lowest BCUT2D eigenvalue weighted by Crippen LogP contribution is -2.33. The quantitative estimate of drug-likeness (QED) is 0.534. The van der Waals surface area contributed by atoms with Crippen LogP contribution in [0.15, 0.2) is 53.3 Å². The molecule has 0 bridgehead atoms. The number of aliphatic hydroxyl groups excluding tert-OH is 1. The Bertz CT molecular complexity index is 1240.